The predicted molar refractivity (Wildman–Crippen MR) is 124 cm³/mol. The number of aromatic nitrogens is 2. The molecular formula is C23H22ClN3O5S. The zero-order valence-corrected chi connectivity index (χ0v) is 19.7. The maximum atomic E-state index is 13.2. The Morgan fingerprint density at radius 1 is 1.15 bits per heavy atom. The number of rotatable bonds is 5. The number of methoxy groups -OCH3 is 2. The zero-order chi connectivity index (χ0) is 23.3. The molecule has 0 saturated carbocycles. The highest BCUT2D eigenvalue weighted by atomic mass is 35.5. The first kappa shape index (κ1) is 21.8. The molecule has 8 nitrogen and oxygen atoms in total. The summed E-state index contributed by atoms with van der Waals surface area (Å²) in [6.45, 7) is 0. The lowest BCUT2D eigenvalue weighted by molar-refractivity contribution is 0.0935. The number of benzene rings is 2. The molecule has 1 aliphatic carbocycles. The van der Waals surface area contributed by atoms with Crippen molar-refractivity contribution in [2.75, 3.05) is 25.7 Å². The molecule has 1 aliphatic heterocycles. The van der Waals surface area contributed by atoms with E-state index in [1.54, 1.807) is 31.0 Å². The number of halogens is 1. The van der Waals surface area contributed by atoms with Gasteiger partial charge in [-0.1, -0.05) is 11.6 Å². The van der Waals surface area contributed by atoms with Gasteiger partial charge in [0.2, 0.25) is 0 Å². The highest BCUT2D eigenvalue weighted by Gasteiger charge is 2.35. The fourth-order valence-electron chi connectivity index (χ4n) is 4.49. The van der Waals surface area contributed by atoms with Crippen molar-refractivity contribution in [1.82, 2.24) is 15.1 Å². The lowest BCUT2D eigenvalue weighted by Gasteiger charge is -2.12. The van der Waals surface area contributed by atoms with Crippen LogP contribution in [0, 0.1) is 0 Å². The van der Waals surface area contributed by atoms with E-state index in [1.165, 1.54) is 0 Å². The first-order valence-corrected chi connectivity index (χ1v) is 12.6. The van der Waals surface area contributed by atoms with E-state index in [0.29, 0.717) is 29.4 Å². The summed E-state index contributed by atoms with van der Waals surface area (Å²) in [6.07, 6.45) is 0.896. The molecule has 1 N–H and O–H groups in total. The van der Waals surface area contributed by atoms with Crippen molar-refractivity contribution >= 4 is 27.3 Å². The summed E-state index contributed by atoms with van der Waals surface area (Å²) in [5.74, 6) is 0.839. The minimum atomic E-state index is -3.12. The van der Waals surface area contributed by atoms with Crippen molar-refractivity contribution in [1.29, 1.82) is 0 Å². The monoisotopic (exact) mass is 487 g/mol. The average Bonchev–Trinajstić information content (AvgIpc) is 3.44. The van der Waals surface area contributed by atoms with Gasteiger partial charge in [0, 0.05) is 28.6 Å². The van der Waals surface area contributed by atoms with Crippen LogP contribution in [0.25, 0.3) is 16.9 Å². The van der Waals surface area contributed by atoms with Gasteiger partial charge in [-0.15, -0.1) is 0 Å². The van der Waals surface area contributed by atoms with Crippen LogP contribution in [0.15, 0.2) is 36.4 Å². The maximum absolute atomic E-state index is 13.2. The molecule has 1 amide bonds. The van der Waals surface area contributed by atoms with E-state index < -0.39 is 15.9 Å². The molecule has 5 rings (SSSR count). The number of carbonyl (C=O) groups excluding carboxylic acids is 1. The van der Waals surface area contributed by atoms with E-state index >= 15 is 0 Å². The molecule has 1 aromatic heterocycles. The van der Waals surface area contributed by atoms with Gasteiger partial charge in [-0.05, 0) is 48.4 Å². The summed E-state index contributed by atoms with van der Waals surface area (Å²) in [4.78, 5) is 13.2. The Kier molecular flexibility index (Phi) is 5.33. The van der Waals surface area contributed by atoms with E-state index in [-0.39, 0.29) is 23.1 Å². The number of nitrogens with zero attached hydrogens (tertiary/aromatic N) is 2. The molecule has 10 heteroatoms. The Balaban J connectivity index is 1.61. The third-order valence-electron chi connectivity index (χ3n) is 6.07. The van der Waals surface area contributed by atoms with Gasteiger partial charge >= 0.3 is 0 Å². The fourth-order valence-corrected chi connectivity index (χ4v) is 6.29. The van der Waals surface area contributed by atoms with Gasteiger partial charge in [0.25, 0.3) is 5.91 Å². The highest BCUT2D eigenvalue weighted by molar-refractivity contribution is 7.91. The standard InChI is InChI=1S/C23H22ClN3O5S/c1-31-19-10-13-9-18-21(23(28)25-15-7-8-33(29,30)12-15)26-27(16-5-3-14(24)4-6-16)22(18)17(13)11-20(19)32-2/h3-6,10-11,15H,7-9,12H2,1-2H3,(H,25,28)/t15-/m0/s1. The van der Waals surface area contributed by atoms with E-state index in [1.807, 2.05) is 24.3 Å². The molecule has 0 bridgehead atoms. The van der Waals surface area contributed by atoms with Crippen LogP contribution in [0.1, 0.15) is 28.0 Å². The molecule has 3 aromatic rings. The molecule has 2 aliphatic rings. The van der Waals surface area contributed by atoms with Gasteiger partial charge in [0.05, 0.1) is 37.1 Å². The Hall–Kier alpha value is -3.04. The molecular weight excluding hydrogens is 466 g/mol. The minimum Gasteiger partial charge on any atom is -0.493 e. The van der Waals surface area contributed by atoms with Crippen molar-refractivity contribution < 1.29 is 22.7 Å². The van der Waals surface area contributed by atoms with Gasteiger partial charge < -0.3 is 14.8 Å². The van der Waals surface area contributed by atoms with Crippen LogP contribution in [-0.2, 0) is 16.3 Å². The molecule has 1 saturated heterocycles. The average molecular weight is 488 g/mol. The molecule has 0 unspecified atom stereocenters. The number of amides is 1. The van der Waals surface area contributed by atoms with Crippen LogP contribution < -0.4 is 14.8 Å². The van der Waals surface area contributed by atoms with E-state index in [2.05, 4.69) is 10.4 Å². The maximum Gasteiger partial charge on any atom is 0.272 e. The number of nitrogens with one attached hydrogen (secondary N) is 1. The predicted octanol–water partition coefficient (Wildman–Crippen LogP) is 3.03. The molecule has 0 radical (unpaired) electrons. The van der Waals surface area contributed by atoms with E-state index in [4.69, 9.17) is 21.1 Å². The number of sulfone groups is 1. The molecule has 33 heavy (non-hydrogen) atoms. The van der Waals surface area contributed by atoms with Crippen LogP contribution in [0.2, 0.25) is 5.02 Å². The lowest BCUT2D eigenvalue weighted by atomic mass is 10.1. The Morgan fingerprint density at radius 2 is 1.85 bits per heavy atom. The third kappa shape index (κ3) is 3.85. The summed E-state index contributed by atoms with van der Waals surface area (Å²) < 4.78 is 36.3. The van der Waals surface area contributed by atoms with Gasteiger partial charge in [-0.3, -0.25) is 4.79 Å². The minimum absolute atomic E-state index is 0.0482. The Labute approximate surface area is 196 Å². The summed E-state index contributed by atoms with van der Waals surface area (Å²) in [7, 11) is 0.0378. The Bertz CT molecular complexity index is 1370. The van der Waals surface area contributed by atoms with Crippen molar-refractivity contribution in [2.24, 2.45) is 0 Å². The van der Waals surface area contributed by atoms with Crippen molar-refractivity contribution in [3.63, 3.8) is 0 Å². The van der Waals surface area contributed by atoms with E-state index in [0.717, 1.165) is 28.1 Å². The third-order valence-corrected chi connectivity index (χ3v) is 8.09. The quantitative estimate of drug-likeness (QED) is 0.464. The lowest BCUT2D eigenvalue weighted by Crippen LogP contribution is -2.36. The molecule has 2 aromatic carbocycles. The van der Waals surface area contributed by atoms with Crippen LogP contribution in [0.5, 0.6) is 11.5 Å². The van der Waals surface area contributed by atoms with Crippen molar-refractivity contribution in [3.05, 3.63) is 58.2 Å². The highest BCUT2D eigenvalue weighted by Crippen LogP contribution is 2.44. The fraction of sp³-hybridized carbons (Fsp3) is 0.304. The largest absolute Gasteiger partial charge is 0.493 e. The second-order valence-corrected chi connectivity index (χ2v) is 10.8. The summed E-state index contributed by atoms with van der Waals surface area (Å²) in [5.41, 5.74) is 4.47. The second-order valence-electron chi connectivity index (χ2n) is 8.18. The SMILES string of the molecule is COc1cc2c(cc1OC)-c1c(c(C(=O)N[C@H]3CCS(=O)(=O)C3)nn1-c1ccc(Cl)cc1)C2. The van der Waals surface area contributed by atoms with Crippen molar-refractivity contribution in [3.8, 4) is 28.4 Å². The zero-order valence-electron chi connectivity index (χ0n) is 18.1. The van der Waals surface area contributed by atoms with Gasteiger partial charge in [0.15, 0.2) is 27.0 Å². The summed E-state index contributed by atoms with van der Waals surface area (Å²) in [6, 6.07) is 10.6. The number of hydrogen-bond donors (Lipinski definition) is 1. The number of hydrogen-bond acceptors (Lipinski definition) is 6. The number of carbonyl (C=O) groups is 1. The smallest absolute Gasteiger partial charge is 0.272 e. The Morgan fingerprint density at radius 3 is 2.48 bits per heavy atom. The summed E-state index contributed by atoms with van der Waals surface area (Å²) in [5, 5.41) is 8.10. The first-order valence-electron chi connectivity index (χ1n) is 10.4. The molecule has 1 fully saturated rings. The van der Waals surface area contributed by atoms with Crippen molar-refractivity contribution in [2.45, 2.75) is 18.9 Å². The number of ether oxygens (including phenoxy) is 2. The molecule has 1 atom stereocenters. The van der Waals surface area contributed by atoms with Crippen LogP contribution in [0.3, 0.4) is 0 Å². The van der Waals surface area contributed by atoms with Gasteiger partial charge in [0.1, 0.15) is 0 Å². The van der Waals surface area contributed by atoms with Crippen LogP contribution in [-0.4, -0.2) is 55.9 Å². The number of fused-ring (bicyclic) bond motifs is 3. The first-order chi connectivity index (χ1) is 15.8. The van der Waals surface area contributed by atoms with Crippen LogP contribution in [0.4, 0.5) is 0 Å². The molecule has 172 valence electrons. The van der Waals surface area contributed by atoms with Gasteiger partial charge in [-0.2, -0.15) is 5.10 Å². The summed E-state index contributed by atoms with van der Waals surface area (Å²) >= 11 is 6.07. The topological polar surface area (TPSA) is 99.5 Å². The van der Waals surface area contributed by atoms with E-state index in [9.17, 15) is 13.2 Å². The second kappa shape index (κ2) is 8.07. The van der Waals surface area contributed by atoms with Gasteiger partial charge in [-0.25, -0.2) is 13.1 Å². The van der Waals surface area contributed by atoms with Crippen LogP contribution >= 0.6 is 11.6 Å². The molecule has 0 spiro atoms. The normalized spacial score (nSPS) is 18.0. The molecule has 2 heterocycles.